The van der Waals surface area contributed by atoms with E-state index in [1.54, 1.807) is 18.4 Å². The summed E-state index contributed by atoms with van der Waals surface area (Å²) in [5.74, 6) is 1.88. The molecule has 0 aliphatic rings. The zero-order valence-corrected chi connectivity index (χ0v) is 13.1. The van der Waals surface area contributed by atoms with Crippen LogP contribution in [0.4, 0.5) is 4.39 Å². The van der Waals surface area contributed by atoms with E-state index < -0.39 is 5.82 Å². The van der Waals surface area contributed by atoms with Gasteiger partial charge in [-0.05, 0) is 42.5 Å². The summed E-state index contributed by atoms with van der Waals surface area (Å²) >= 11 is 5.77. The van der Waals surface area contributed by atoms with Crippen LogP contribution in [0.1, 0.15) is 11.5 Å². The van der Waals surface area contributed by atoms with Gasteiger partial charge in [0.15, 0.2) is 0 Å². The second kappa shape index (κ2) is 7.49. The molecule has 0 spiro atoms. The summed E-state index contributed by atoms with van der Waals surface area (Å²) in [4.78, 5) is 0. The Bertz CT molecular complexity index is 726. The first-order valence-corrected chi connectivity index (χ1v) is 6.87. The lowest BCUT2D eigenvalue weighted by molar-refractivity contribution is 0.455. The molecular formula is C16H14Cl2FNO2. The molecule has 0 unspecified atom stereocenters. The van der Waals surface area contributed by atoms with Crippen LogP contribution < -0.4 is 5.32 Å². The first-order valence-electron chi connectivity index (χ1n) is 6.49. The van der Waals surface area contributed by atoms with Crippen molar-refractivity contribution in [3.05, 3.63) is 71.1 Å². The zero-order valence-electron chi connectivity index (χ0n) is 11.5. The number of benzene rings is 1. The van der Waals surface area contributed by atoms with Crippen LogP contribution in [0.2, 0.25) is 5.02 Å². The van der Waals surface area contributed by atoms with Gasteiger partial charge in [0, 0.05) is 5.56 Å². The van der Waals surface area contributed by atoms with Crippen molar-refractivity contribution in [2.75, 3.05) is 0 Å². The predicted molar refractivity (Wildman–Crippen MR) is 85.6 cm³/mol. The van der Waals surface area contributed by atoms with Gasteiger partial charge in [0.05, 0.1) is 24.4 Å². The predicted octanol–water partition coefficient (Wildman–Crippen LogP) is 5.04. The van der Waals surface area contributed by atoms with Gasteiger partial charge in [-0.3, -0.25) is 0 Å². The van der Waals surface area contributed by atoms with Gasteiger partial charge >= 0.3 is 0 Å². The minimum Gasteiger partial charge on any atom is -0.468 e. The molecule has 2 aromatic heterocycles. The number of rotatable bonds is 5. The second-order valence-corrected chi connectivity index (χ2v) is 4.98. The van der Waals surface area contributed by atoms with Gasteiger partial charge in [-0.15, -0.1) is 12.4 Å². The highest BCUT2D eigenvalue weighted by Gasteiger charge is 2.07. The normalized spacial score (nSPS) is 10.5. The van der Waals surface area contributed by atoms with Crippen LogP contribution in [0.5, 0.6) is 0 Å². The number of hydrogen-bond donors (Lipinski definition) is 1. The average Bonchev–Trinajstić information content (AvgIpc) is 3.13. The average molecular weight is 342 g/mol. The van der Waals surface area contributed by atoms with Crippen LogP contribution in [0, 0.1) is 5.82 Å². The summed E-state index contributed by atoms with van der Waals surface area (Å²) in [5, 5.41) is 3.30. The standard InChI is InChI=1S/C16H13ClFNO2.ClH/c17-14-8-11(3-5-15(14)18)16-6-4-13(21-16)10-19-9-12-2-1-7-20-12;/h1-8,19H,9-10H2;1H. The van der Waals surface area contributed by atoms with Gasteiger partial charge < -0.3 is 14.2 Å². The van der Waals surface area contributed by atoms with Gasteiger partial charge in [0.25, 0.3) is 0 Å². The maximum absolute atomic E-state index is 13.1. The van der Waals surface area contributed by atoms with Gasteiger partial charge in [-0.25, -0.2) is 4.39 Å². The first kappa shape index (κ1) is 16.6. The van der Waals surface area contributed by atoms with E-state index in [-0.39, 0.29) is 17.4 Å². The molecule has 0 bridgehead atoms. The molecule has 0 saturated carbocycles. The van der Waals surface area contributed by atoms with Crippen LogP contribution in [-0.2, 0) is 13.1 Å². The van der Waals surface area contributed by atoms with Crippen molar-refractivity contribution in [2.45, 2.75) is 13.1 Å². The lowest BCUT2D eigenvalue weighted by atomic mass is 10.2. The molecule has 3 nitrogen and oxygen atoms in total. The maximum Gasteiger partial charge on any atom is 0.141 e. The Morgan fingerprint density at radius 2 is 1.86 bits per heavy atom. The summed E-state index contributed by atoms with van der Waals surface area (Å²) in [7, 11) is 0. The fourth-order valence-corrected chi connectivity index (χ4v) is 2.18. The fourth-order valence-electron chi connectivity index (χ4n) is 2.00. The summed E-state index contributed by atoms with van der Waals surface area (Å²) in [6.45, 7) is 1.21. The van der Waals surface area contributed by atoms with E-state index in [0.29, 0.717) is 18.8 Å². The van der Waals surface area contributed by atoms with Gasteiger partial charge in [-0.1, -0.05) is 11.6 Å². The molecule has 1 aromatic carbocycles. The molecule has 0 fully saturated rings. The highest BCUT2D eigenvalue weighted by atomic mass is 35.5. The molecule has 0 amide bonds. The molecule has 0 saturated heterocycles. The van der Waals surface area contributed by atoms with E-state index in [4.69, 9.17) is 20.4 Å². The summed E-state index contributed by atoms with van der Waals surface area (Å²) < 4.78 is 24.1. The van der Waals surface area contributed by atoms with E-state index in [1.807, 2.05) is 24.3 Å². The summed E-state index contributed by atoms with van der Waals surface area (Å²) in [6.07, 6.45) is 1.64. The lowest BCUT2D eigenvalue weighted by Gasteiger charge is -2.01. The molecule has 3 rings (SSSR count). The maximum atomic E-state index is 13.1. The van der Waals surface area contributed by atoms with Crippen LogP contribution in [0.25, 0.3) is 11.3 Å². The van der Waals surface area contributed by atoms with Crippen molar-refractivity contribution in [3.63, 3.8) is 0 Å². The molecule has 6 heteroatoms. The molecule has 0 aliphatic heterocycles. The molecule has 2 heterocycles. The third kappa shape index (κ3) is 3.91. The van der Waals surface area contributed by atoms with E-state index in [2.05, 4.69) is 5.32 Å². The van der Waals surface area contributed by atoms with Crippen molar-refractivity contribution in [2.24, 2.45) is 0 Å². The van der Waals surface area contributed by atoms with Crippen molar-refractivity contribution < 1.29 is 13.2 Å². The Labute approximate surface area is 138 Å². The van der Waals surface area contributed by atoms with Gasteiger partial charge in [-0.2, -0.15) is 0 Å². The molecule has 22 heavy (non-hydrogen) atoms. The molecule has 0 atom stereocenters. The number of nitrogens with one attached hydrogen (secondary N) is 1. The monoisotopic (exact) mass is 341 g/mol. The minimum absolute atomic E-state index is 0. The largest absolute Gasteiger partial charge is 0.468 e. The van der Waals surface area contributed by atoms with Gasteiger partial charge in [0.2, 0.25) is 0 Å². The number of hydrogen-bond acceptors (Lipinski definition) is 3. The van der Waals surface area contributed by atoms with Gasteiger partial charge in [0.1, 0.15) is 23.1 Å². The Kier molecular flexibility index (Phi) is 5.66. The van der Waals surface area contributed by atoms with Crippen LogP contribution >= 0.6 is 24.0 Å². The second-order valence-electron chi connectivity index (χ2n) is 4.58. The quantitative estimate of drug-likeness (QED) is 0.706. The molecular weight excluding hydrogens is 328 g/mol. The van der Waals surface area contributed by atoms with Crippen LogP contribution in [0.3, 0.4) is 0 Å². The van der Waals surface area contributed by atoms with E-state index in [0.717, 1.165) is 17.1 Å². The summed E-state index contributed by atoms with van der Waals surface area (Å²) in [6, 6.07) is 12.0. The van der Waals surface area contributed by atoms with E-state index in [1.165, 1.54) is 6.07 Å². The Hall–Kier alpha value is -1.75. The van der Waals surface area contributed by atoms with Crippen molar-refractivity contribution >= 4 is 24.0 Å². The van der Waals surface area contributed by atoms with Crippen LogP contribution in [-0.4, -0.2) is 0 Å². The van der Waals surface area contributed by atoms with Crippen molar-refractivity contribution in [3.8, 4) is 11.3 Å². The molecule has 116 valence electrons. The molecule has 3 aromatic rings. The van der Waals surface area contributed by atoms with E-state index >= 15 is 0 Å². The highest BCUT2D eigenvalue weighted by molar-refractivity contribution is 6.31. The van der Waals surface area contributed by atoms with Crippen molar-refractivity contribution in [1.29, 1.82) is 0 Å². The third-order valence-corrected chi connectivity index (χ3v) is 3.33. The number of furan rings is 2. The molecule has 0 aliphatic carbocycles. The number of halogens is 3. The summed E-state index contributed by atoms with van der Waals surface area (Å²) in [5.41, 5.74) is 0.749. The van der Waals surface area contributed by atoms with Crippen LogP contribution in [0.15, 0.2) is 57.6 Å². The SMILES string of the molecule is Cl.Fc1ccc(-c2ccc(CNCc3ccco3)o2)cc1Cl. The lowest BCUT2D eigenvalue weighted by Crippen LogP contribution is -2.11. The highest BCUT2D eigenvalue weighted by Crippen LogP contribution is 2.26. The van der Waals surface area contributed by atoms with E-state index in [9.17, 15) is 4.39 Å². The Morgan fingerprint density at radius 1 is 1.05 bits per heavy atom. The minimum atomic E-state index is -0.438. The Balaban J connectivity index is 0.00000176. The Morgan fingerprint density at radius 3 is 2.59 bits per heavy atom. The smallest absolute Gasteiger partial charge is 0.141 e. The molecule has 1 N–H and O–H groups in total. The zero-order chi connectivity index (χ0) is 14.7. The topological polar surface area (TPSA) is 38.3 Å². The fraction of sp³-hybridized carbons (Fsp3) is 0.125. The van der Waals surface area contributed by atoms with Crippen molar-refractivity contribution in [1.82, 2.24) is 5.32 Å². The molecule has 0 radical (unpaired) electrons. The third-order valence-electron chi connectivity index (χ3n) is 3.04. The first-order chi connectivity index (χ1) is 10.2.